The van der Waals surface area contributed by atoms with E-state index >= 15 is 0 Å². The Hall–Kier alpha value is -8.63. The highest BCUT2D eigenvalue weighted by Gasteiger charge is 2.34. The van der Waals surface area contributed by atoms with Crippen molar-refractivity contribution in [1.29, 1.82) is 0 Å². The molecular formula is C67H50N2S. The molecular weight excluding hydrogens is 865 g/mol. The fraction of sp³-hybridized carbons (Fsp3) is 0.0149. The van der Waals surface area contributed by atoms with Crippen LogP contribution in [0.1, 0.15) is 6.92 Å². The average Bonchev–Trinajstić information content (AvgIpc) is 3.95. The molecule has 0 aliphatic rings. The Morgan fingerprint density at radius 1 is 0.357 bits per heavy atom. The van der Waals surface area contributed by atoms with Crippen molar-refractivity contribution >= 4 is 53.6 Å². The van der Waals surface area contributed by atoms with E-state index in [2.05, 4.69) is 290 Å². The van der Waals surface area contributed by atoms with Gasteiger partial charge < -0.3 is 9.13 Å². The van der Waals surface area contributed by atoms with Crippen LogP contribution in [0.4, 0.5) is 0 Å². The van der Waals surface area contributed by atoms with Crippen molar-refractivity contribution in [3.8, 4) is 44.8 Å². The van der Waals surface area contributed by atoms with Gasteiger partial charge in [0.05, 0.1) is 22.1 Å². The molecule has 0 bridgehead atoms. The highest BCUT2D eigenvalue weighted by molar-refractivity contribution is 8.37. The molecule has 0 atom stereocenters. The smallest absolute Gasteiger partial charge is 0.0541 e. The van der Waals surface area contributed by atoms with Gasteiger partial charge in [-0.3, -0.25) is 0 Å². The third-order valence-electron chi connectivity index (χ3n) is 13.6. The largest absolute Gasteiger partial charge is 0.309 e. The van der Waals surface area contributed by atoms with E-state index in [9.17, 15) is 0 Å². The number of aromatic nitrogens is 2. The molecule has 0 aliphatic heterocycles. The highest BCUT2D eigenvalue weighted by Crippen LogP contribution is 2.74. The Balaban J connectivity index is 1.16. The molecule has 70 heavy (non-hydrogen) atoms. The molecule has 0 amide bonds. The van der Waals surface area contributed by atoms with E-state index in [-0.39, 0.29) is 0 Å². The third-order valence-corrected chi connectivity index (χ3v) is 17.5. The van der Waals surface area contributed by atoms with Crippen molar-refractivity contribution in [3.63, 3.8) is 0 Å². The quantitative estimate of drug-likeness (QED) is 0.114. The first-order chi connectivity index (χ1) is 34.6. The average molecular weight is 915 g/mol. The minimum absolute atomic E-state index is 1.09. The summed E-state index contributed by atoms with van der Waals surface area (Å²) in [5.74, 6) is 0. The van der Waals surface area contributed by atoms with Gasteiger partial charge in [0.1, 0.15) is 0 Å². The van der Waals surface area contributed by atoms with E-state index in [1.54, 1.807) is 0 Å². The van der Waals surface area contributed by atoms with Crippen LogP contribution in [0, 0.1) is 0 Å². The lowest BCUT2D eigenvalue weighted by molar-refractivity contribution is 1.13. The van der Waals surface area contributed by atoms with Crippen LogP contribution in [-0.2, 0) is 0 Å². The monoisotopic (exact) mass is 914 g/mol. The summed E-state index contributed by atoms with van der Waals surface area (Å²) < 4.78 is 4.94. The van der Waals surface area contributed by atoms with Gasteiger partial charge in [-0.2, -0.15) is 0 Å². The maximum Gasteiger partial charge on any atom is 0.0541 e. The van der Waals surface area contributed by atoms with Crippen molar-refractivity contribution in [3.05, 3.63) is 285 Å². The number of hydrogen-bond acceptors (Lipinski definition) is 0. The lowest BCUT2D eigenvalue weighted by Gasteiger charge is -2.43. The lowest BCUT2D eigenvalue weighted by atomic mass is 9.93. The van der Waals surface area contributed by atoms with Gasteiger partial charge in [0.2, 0.25) is 0 Å². The van der Waals surface area contributed by atoms with Gasteiger partial charge in [0.25, 0.3) is 0 Å². The molecule has 0 saturated carbocycles. The summed E-state index contributed by atoms with van der Waals surface area (Å²) >= 11 is 0. The Labute approximate surface area is 411 Å². The van der Waals surface area contributed by atoms with Gasteiger partial charge in [0, 0.05) is 52.5 Å². The van der Waals surface area contributed by atoms with Gasteiger partial charge in [-0.1, -0.05) is 176 Å². The Morgan fingerprint density at radius 3 is 1.20 bits per heavy atom. The fourth-order valence-electron chi connectivity index (χ4n) is 10.6. The zero-order valence-corrected chi connectivity index (χ0v) is 39.8. The first-order valence-electron chi connectivity index (χ1n) is 24.0. The SMILES string of the molecule is C=C/C=C(\C=C/C)S(c1ccccc1)(c1ccccc1)c1ccc2c(c1)c1ccccc1n2-c1cc(-c2cc(-c3ccccc3)cc(-c3ccccc3)c2)cc(-n2c3ccccc3c3ccccc32)c1. The third kappa shape index (κ3) is 7.22. The summed E-state index contributed by atoms with van der Waals surface area (Å²) in [6.07, 6.45) is 8.59. The second kappa shape index (κ2) is 18.1. The van der Waals surface area contributed by atoms with Crippen LogP contribution in [-0.4, -0.2) is 9.13 Å². The summed E-state index contributed by atoms with van der Waals surface area (Å²) in [6, 6.07) is 91.6. The number of rotatable bonds is 11. The van der Waals surface area contributed by atoms with Crippen molar-refractivity contribution in [2.75, 3.05) is 0 Å². The maximum absolute atomic E-state index is 4.23. The van der Waals surface area contributed by atoms with E-state index in [1.807, 2.05) is 6.08 Å². The topological polar surface area (TPSA) is 9.86 Å². The van der Waals surface area contributed by atoms with E-state index in [4.69, 9.17) is 0 Å². The zero-order chi connectivity index (χ0) is 47.0. The zero-order valence-electron chi connectivity index (χ0n) is 39.0. The Kier molecular flexibility index (Phi) is 11.1. The Bertz CT molecular complexity index is 3800. The molecule has 0 spiro atoms. The predicted molar refractivity (Wildman–Crippen MR) is 300 cm³/mol. The summed E-state index contributed by atoms with van der Waals surface area (Å²) in [7, 11) is -2.00. The van der Waals surface area contributed by atoms with Gasteiger partial charge in [-0.05, 0) is 143 Å². The first kappa shape index (κ1) is 42.7. The van der Waals surface area contributed by atoms with Gasteiger partial charge in [0.15, 0.2) is 0 Å². The van der Waals surface area contributed by atoms with E-state index in [0.717, 1.165) is 33.5 Å². The minimum atomic E-state index is -2.00. The summed E-state index contributed by atoms with van der Waals surface area (Å²) in [5.41, 5.74) is 13.8. The number of nitrogens with zero attached hydrogens (tertiary/aromatic N) is 2. The molecule has 0 saturated heterocycles. The molecule has 334 valence electrons. The molecule has 0 radical (unpaired) electrons. The second-order valence-corrected chi connectivity index (χ2v) is 20.8. The Morgan fingerprint density at radius 2 is 0.743 bits per heavy atom. The van der Waals surface area contributed by atoms with E-state index in [0.29, 0.717) is 0 Å². The number of fused-ring (bicyclic) bond motifs is 6. The predicted octanol–water partition coefficient (Wildman–Crippen LogP) is 18.8. The van der Waals surface area contributed by atoms with Gasteiger partial charge in [-0.25, -0.2) is 0 Å². The molecule has 2 aromatic heterocycles. The number of allylic oxidation sites excluding steroid dienone is 4. The van der Waals surface area contributed by atoms with Gasteiger partial charge in [-0.15, -0.1) is 10.0 Å². The summed E-state index contributed by atoms with van der Waals surface area (Å²) in [5, 5.41) is 4.88. The van der Waals surface area contributed by atoms with Crippen LogP contribution in [0.15, 0.2) is 299 Å². The molecule has 10 aromatic carbocycles. The molecule has 3 heteroatoms. The van der Waals surface area contributed by atoms with Crippen molar-refractivity contribution < 1.29 is 0 Å². The van der Waals surface area contributed by atoms with Crippen molar-refractivity contribution in [2.24, 2.45) is 0 Å². The molecule has 2 heterocycles. The first-order valence-corrected chi connectivity index (χ1v) is 25.6. The number of hydrogen-bond donors (Lipinski definition) is 0. The fourth-order valence-corrected chi connectivity index (χ4v) is 14.6. The number of para-hydroxylation sites is 3. The summed E-state index contributed by atoms with van der Waals surface area (Å²) in [6.45, 7) is 6.34. The molecule has 0 unspecified atom stereocenters. The molecule has 2 nitrogen and oxygen atoms in total. The standard InChI is InChI=1S/C67H50N2S/c1-3-23-56(24-4-2)70(57-29-13-7-14-30-57,58-31-15-8-16-32-58)59-39-40-67-63(47-59)62-35-19-22-38-66(62)69(67)55-45-53(44-54(46-55)68-64-36-20-17-33-60(64)61-34-18-21-37-65(61)68)52-42-50(48-25-9-5-10-26-48)41-51(43-52)49-27-11-6-12-28-49/h3-47H,1H2,2H3/b24-4-,56-23+. The second-order valence-electron chi connectivity index (χ2n) is 17.7. The highest BCUT2D eigenvalue weighted by atomic mass is 32.3. The maximum atomic E-state index is 4.23. The molecule has 12 rings (SSSR count). The summed E-state index contributed by atoms with van der Waals surface area (Å²) in [4.78, 5) is 5.03. The minimum Gasteiger partial charge on any atom is -0.309 e. The van der Waals surface area contributed by atoms with Crippen LogP contribution in [0.2, 0.25) is 0 Å². The van der Waals surface area contributed by atoms with Crippen LogP contribution >= 0.6 is 10.0 Å². The van der Waals surface area contributed by atoms with Crippen LogP contribution < -0.4 is 0 Å². The van der Waals surface area contributed by atoms with Crippen molar-refractivity contribution in [1.82, 2.24) is 9.13 Å². The molecule has 0 fully saturated rings. The van der Waals surface area contributed by atoms with Crippen LogP contribution in [0.5, 0.6) is 0 Å². The van der Waals surface area contributed by atoms with Gasteiger partial charge >= 0.3 is 0 Å². The molecule has 12 aromatic rings. The van der Waals surface area contributed by atoms with Crippen molar-refractivity contribution in [2.45, 2.75) is 21.6 Å². The van der Waals surface area contributed by atoms with E-state index < -0.39 is 10.0 Å². The van der Waals surface area contributed by atoms with Crippen LogP contribution in [0.3, 0.4) is 0 Å². The molecule has 0 aliphatic carbocycles. The lowest BCUT2D eigenvalue weighted by Crippen LogP contribution is -2.06. The van der Waals surface area contributed by atoms with Crippen LogP contribution in [0.25, 0.3) is 88.4 Å². The van der Waals surface area contributed by atoms with E-state index in [1.165, 1.54) is 74.4 Å². The number of benzene rings is 10. The normalized spacial score (nSPS) is 12.4. The molecule has 0 N–H and O–H groups in total.